The van der Waals surface area contributed by atoms with Crippen molar-refractivity contribution in [3.05, 3.63) is 40.4 Å². The summed E-state index contributed by atoms with van der Waals surface area (Å²) in [5.41, 5.74) is 4.60. The fourth-order valence-corrected chi connectivity index (χ4v) is 4.27. The molecule has 7 heteroatoms. The van der Waals surface area contributed by atoms with E-state index in [-0.39, 0.29) is 11.9 Å². The van der Waals surface area contributed by atoms with Crippen molar-refractivity contribution < 1.29 is 18.7 Å². The molecule has 1 atom stereocenters. The maximum Gasteiger partial charge on any atom is 0.287 e. The van der Waals surface area contributed by atoms with Gasteiger partial charge in [-0.3, -0.25) is 9.48 Å². The van der Waals surface area contributed by atoms with E-state index >= 15 is 0 Å². The third-order valence-electron chi connectivity index (χ3n) is 5.61. The molecule has 0 saturated heterocycles. The maximum atomic E-state index is 13.1. The Balaban J connectivity index is 1.70. The number of fused-ring (bicyclic) bond motifs is 2. The zero-order valence-corrected chi connectivity index (χ0v) is 16.9. The summed E-state index contributed by atoms with van der Waals surface area (Å²) in [5.74, 6) is 1.13. The van der Waals surface area contributed by atoms with Gasteiger partial charge in [-0.15, -0.1) is 0 Å². The maximum absolute atomic E-state index is 13.1. The average Bonchev–Trinajstić information content (AvgIpc) is 3.18. The van der Waals surface area contributed by atoms with E-state index in [1.165, 1.54) is 5.69 Å². The van der Waals surface area contributed by atoms with Crippen molar-refractivity contribution in [2.24, 2.45) is 7.05 Å². The highest BCUT2D eigenvalue weighted by Gasteiger charge is 2.29. The molecule has 1 aromatic carbocycles. The van der Waals surface area contributed by atoms with Crippen LogP contribution < -0.4 is 14.8 Å². The van der Waals surface area contributed by atoms with Crippen LogP contribution in [0.4, 0.5) is 0 Å². The van der Waals surface area contributed by atoms with Crippen LogP contribution in [0, 0.1) is 13.8 Å². The van der Waals surface area contributed by atoms with Gasteiger partial charge in [0.05, 0.1) is 26.0 Å². The second-order valence-corrected chi connectivity index (χ2v) is 7.22. The van der Waals surface area contributed by atoms with E-state index in [0.717, 1.165) is 41.5 Å². The number of rotatable bonds is 4. The van der Waals surface area contributed by atoms with E-state index in [9.17, 15) is 4.79 Å². The summed E-state index contributed by atoms with van der Waals surface area (Å²) in [7, 11) is 5.09. The minimum atomic E-state index is -0.226. The monoisotopic (exact) mass is 383 g/mol. The molecule has 0 spiro atoms. The number of aryl methyl sites for hydroxylation is 3. The van der Waals surface area contributed by atoms with Gasteiger partial charge in [-0.25, -0.2) is 0 Å². The van der Waals surface area contributed by atoms with E-state index in [1.807, 2.05) is 37.7 Å². The quantitative estimate of drug-likeness (QED) is 0.745. The lowest BCUT2D eigenvalue weighted by Crippen LogP contribution is -2.31. The van der Waals surface area contributed by atoms with Crippen LogP contribution in [0.2, 0.25) is 0 Å². The van der Waals surface area contributed by atoms with Gasteiger partial charge in [-0.05, 0) is 45.2 Å². The second-order valence-electron chi connectivity index (χ2n) is 7.22. The van der Waals surface area contributed by atoms with Crippen LogP contribution in [-0.4, -0.2) is 29.9 Å². The normalized spacial score (nSPS) is 16.1. The van der Waals surface area contributed by atoms with Crippen molar-refractivity contribution in [2.75, 3.05) is 14.2 Å². The van der Waals surface area contributed by atoms with Crippen molar-refractivity contribution in [1.29, 1.82) is 0 Å². The number of amides is 1. The van der Waals surface area contributed by atoms with E-state index in [0.29, 0.717) is 22.8 Å². The number of ether oxygens (including phenoxy) is 2. The van der Waals surface area contributed by atoms with Crippen LogP contribution in [0.25, 0.3) is 11.0 Å². The van der Waals surface area contributed by atoms with Gasteiger partial charge < -0.3 is 19.2 Å². The van der Waals surface area contributed by atoms with Crippen LogP contribution >= 0.6 is 0 Å². The number of methoxy groups -OCH3 is 2. The molecule has 0 bridgehead atoms. The fourth-order valence-electron chi connectivity index (χ4n) is 4.27. The molecule has 1 unspecified atom stereocenters. The molecule has 0 saturated carbocycles. The number of carbonyl (C=O) groups excluding carboxylic acids is 1. The minimum absolute atomic E-state index is 0.0611. The smallest absolute Gasteiger partial charge is 0.287 e. The Morgan fingerprint density at radius 2 is 2.07 bits per heavy atom. The molecule has 4 rings (SSSR count). The van der Waals surface area contributed by atoms with E-state index in [1.54, 1.807) is 14.2 Å². The Kier molecular flexibility index (Phi) is 4.53. The lowest BCUT2D eigenvalue weighted by Gasteiger charge is -2.24. The molecule has 1 aliphatic rings. The molecule has 2 aromatic heterocycles. The van der Waals surface area contributed by atoms with Crippen LogP contribution in [0.3, 0.4) is 0 Å². The van der Waals surface area contributed by atoms with E-state index in [2.05, 4.69) is 10.4 Å². The zero-order chi connectivity index (χ0) is 20.0. The predicted molar refractivity (Wildman–Crippen MR) is 105 cm³/mol. The van der Waals surface area contributed by atoms with E-state index in [4.69, 9.17) is 13.9 Å². The Bertz CT molecular complexity index is 1060. The molecule has 148 valence electrons. The number of nitrogens with one attached hydrogen (secondary N) is 1. The molecule has 0 fully saturated rings. The molecule has 3 aromatic rings. The first-order valence-corrected chi connectivity index (χ1v) is 9.43. The van der Waals surface area contributed by atoms with Gasteiger partial charge in [0.25, 0.3) is 5.91 Å². The predicted octanol–water partition coefficient (Wildman–Crippen LogP) is 3.61. The molecule has 1 amide bonds. The molecule has 0 aliphatic heterocycles. The lowest BCUT2D eigenvalue weighted by atomic mass is 9.91. The standard InChI is InChI=1S/C21H25N3O4/c1-11-13-9-10-16(26-4)20(27-5)19(13)28-18(11)21(25)22-14-7-6-8-15-17(14)12(2)23-24(15)3/h9-10,14H,6-8H2,1-5H3,(H,22,25). The summed E-state index contributed by atoms with van der Waals surface area (Å²) in [6.45, 7) is 3.88. The highest BCUT2D eigenvalue weighted by molar-refractivity contribution is 6.01. The largest absolute Gasteiger partial charge is 0.493 e. The SMILES string of the molecule is COc1ccc2c(C)c(C(=O)NC3CCCc4c3c(C)nn4C)oc2c1OC. The van der Waals surface area contributed by atoms with Gasteiger partial charge in [-0.2, -0.15) is 5.10 Å². The second kappa shape index (κ2) is 6.89. The highest BCUT2D eigenvalue weighted by atomic mass is 16.5. The molecule has 2 heterocycles. The van der Waals surface area contributed by atoms with Crippen LogP contribution in [0.1, 0.15) is 52.0 Å². The van der Waals surface area contributed by atoms with Crippen LogP contribution in [0.5, 0.6) is 11.5 Å². The van der Waals surface area contributed by atoms with Gasteiger partial charge in [-0.1, -0.05) is 0 Å². The number of aromatic nitrogens is 2. The Morgan fingerprint density at radius 1 is 1.29 bits per heavy atom. The van der Waals surface area contributed by atoms with Gasteiger partial charge in [0.15, 0.2) is 17.1 Å². The first-order valence-electron chi connectivity index (χ1n) is 9.43. The number of hydrogen-bond donors (Lipinski definition) is 1. The van der Waals surface area contributed by atoms with Crippen molar-refractivity contribution in [1.82, 2.24) is 15.1 Å². The molecule has 0 radical (unpaired) electrons. The average molecular weight is 383 g/mol. The molecule has 28 heavy (non-hydrogen) atoms. The third-order valence-corrected chi connectivity index (χ3v) is 5.61. The van der Waals surface area contributed by atoms with Gasteiger partial charge >= 0.3 is 0 Å². The highest BCUT2D eigenvalue weighted by Crippen LogP contribution is 2.39. The lowest BCUT2D eigenvalue weighted by molar-refractivity contribution is 0.0905. The van der Waals surface area contributed by atoms with Gasteiger partial charge in [0.2, 0.25) is 5.75 Å². The van der Waals surface area contributed by atoms with Crippen molar-refractivity contribution >= 4 is 16.9 Å². The summed E-state index contributed by atoms with van der Waals surface area (Å²) in [6.07, 6.45) is 2.89. The Morgan fingerprint density at radius 3 is 2.79 bits per heavy atom. The van der Waals surface area contributed by atoms with Crippen molar-refractivity contribution in [3.63, 3.8) is 0 Å². The number of hydrogen-bond acceptors (Lipinski definition) is 5. The van der Waals surface area contributed by atoms with Crippen LogP contribution in [0.15, 0.2) is 16.5 Å². The zero-order valence-electron chi connectivity index (χ0n) is 16.9. The molecule has 1 aliphatic carbocycles. The third kappa shape index (κ3) is 2.73. The first-order chi connectivity index (χ1) is 13.5. The number of carbonyl (C=O) groups is 1. The summed E-state index contributed by atoms with van der Waals surface area (Å²) < 4.78 is 18.7. The topological polar surface area (TPSA) is 78.5 Å². The number of nitrogens with zero attached hydrogens (tertiary/aromatic N) is 2. The Labute approximate surface area is 163 Å². The van der Waals surface area contributed by atoms with Gasteiger partial charge in [0, 0.05) is 29.3 Å². The number of benzene rings is 1. The Hall–Kier alpha value is -2.96. The molecule has 1 N–H and O–H groups in total. The van der Waals surface area contributed by atoms with Crippen molar-refractivity contribution in [3.8, 4) is 11.5 Å². The first kappa shape index (κ1) is 18.4. The van der Waals surface area contributed by atoms with Crippen LogP contribution in [-0.2, 0) is 13.5 Å². The number of furan rings is 1. The van der Waals surface area contributed by atoms with Gasteiger partial charge in [0.1, 0.15) is 0 Å². The summed E-state index contributed by atoms with van der Waals surface area (Å²) in [4.78, 5) is 13.1. The fraction of sp³-hybridized carbons (Fsp3) is 0.429. The molecular formula is C21H25N3O4. The molecule has 7 nitrogen and oxygen atoms in total. The summed E-state index contributed by atoms with van der Waals surface area (Å²) in [5, 5.41) is 8.52. The summed E-state index contributed by atoms with van der Waals surface area (Å²) in [6, 6.07) is 3.64. The summed E-state index contributed by atoms with van der Waals surface area (Å²) >= 11 is 0. The van der Waals surface area contributed by atoms with E-state index < -0.39 is 0 Å². The molecular weight excluding hydrogens is 358 g/mol. The minimum Gasteiger partial charge on any atom is -0.493 e. The van der Waals surface area contributed by atoms with Crippen molar-refractivity contribution in [2.45, 2.75) is 39.2 Å².